The second-order valence-electron chi connectivity index (χ2n) is 2.56. The third kappa shape index (κ3) is 17.0. The first kappa shape index (κ1) is 17.8. The average molecular weight is 284 g/mol. The molecule has 0 saturated carbocycles. The summed E-state index contributed by atoms with van der Waals surface area (Å²) >= 11 is 10.9. The van der Waals surface area contributed by atoms with E-state index >= 15 is 0 Å². The summed E-state index contributed by atoms with van der Waals surface area (Å²) < 4.78 is 29.7. The van der Waals surface area contributed by atoms with Crippen molar-refractivity contribution in [3.05, 3.63) is 0 Å². The zero-order chi connectivity index (χ0) is 12.6. The Labute approximate surface area is 99.7 Å². The summed E-state index contributed by atoms with van der Waals surface area (Å²) in [6.45, 7) is 2.15. The van der Waals surface area contributed by atoms with Gasteiger partial charge in [0.1, 0.15) is 11.1 Å². The van der Waals surface area contributed by atoms with Gasteiger partial charge in [-0.3, -0.25) is 13.6 Å². The van der Waals surface area contributed by atoms with Crippen molar-refractivity contribution in [1.82, 2.24) is 4.90 Å². The van der Waals surface area contributed by atoms with E-state index < -0.39 is 21.5 Å². The molecule has 0 fully saturated rings. The number of nitrogens with zero attached hydrogens (tertiary/aromatic N) is 1. The molecule has 1 unspecified atom stereocenters. The van der Waals surface area contributed by atoms with Crippen molar-refractivity contribution in [2.45, 2.75) is 18.0 Å². The van der Waals surface area contributed by atoms with Crippen molar-refractivity contribution in [3.63, 3.8) is 0 Å². The number of hydrogen-bond acceptors (Lipinski definition) is 5. The largest absolute Gasteiger partial charge is 0.397 e. The van der Waals surface area contributed by atoms with Gasteiger partial charge in [0.15, 0.2) is 0 Å². The van der Waals surface area contributed by atoms with Gasteiger partial charge in [0, 0.05) is 6.54 Å². The smallest absolute Gasteiger partial charge is 0.379 e. The Hall–Kier alpha value is 0.370. The van der Waals surface area contributed by atoms with Gasteiger partial charge in [-0.1, -0.05) is 0 Å². The number of alkyl halides is 2. The molecule has 94 valence electrons. The predicted molar refractivity (Wildman–Crippen MR) is 58.4 cm³/mol. The van der Waals surface area contributed by atoms with Gasteiger partial charge < -0.3 is 5.11 Å². The minimum atomic E-state index is -4.16. The molecule has 0 aromatic carbocycles. The van der Waals surface area contributed by atoms with Gasteiger partial charge in [-0.15, -0.1) is 23.2 Å². The molecule has 0 saturated heterocycles. The maximum atomic E-state index is 9.33. The average Bonchev–Trinajstić information content (AvgIpc) is 2.02. The predicted octanol–water partition coefficient (Wildman–Crippen LogP) is 0.496. The van der Waals surface area contributed by atoms with Crippen molar-refractivity contribution < 1.29 is 22.3 Å². The van der Waals surface area contributed by atoms with Crippen LogP contribution in [0.15, 0.2) is 0 Å². The van der Waals surface area contributed by atoms with E-state index in [-0.39, 0.29) is 0 Å². The van der Waals surface area contributed by atoms with Crippen molar-refractivity contribution in [1.29, 1.82) is 0 Å². The maximum absolute atomic E-state index is 9.33. The van der Waals surface area contributed by atoms with E-state index in [1.54, 1.807) is 18.9 Å². The molecule has 0 spiro atoms. The molecule has 0 aliphatic carbocycles. The molecule has 15 heavy (non-hydrogen) atoms. The topological polar surface area (TPSA) is 87.1 Å². The summed E-state index contributed by atoms with van der Waals surface area (Å²) in [7, 11) is -1.54. The molecule has 0 heterocycles. The lowest BCUT2D eigenvalue weighted by molar-refractivity contribution is 0.0415. The second-order valence-corrected chi connectivity index (χ2v) is 5.02. The van der Waals surface area contributed by atoms with Crippen LogP contribution in [0.2, 0.25) is 0 Å². The Morgan fingerprint density at radius 1 is 1.47 bits per heavy atom. The monoisotopic (exact) mass is 283 g/mol. The summed E-state index contributed by atoms with van der Waals surface area (Å²) in [6, 6.07) is 0. The Kier molecular flexibility index (Phi) is 10.1. The van der Waals surface area contributed by atoms with Gasteiger partial charge in [0.05, 0.1) is 7.11 Å². The molecule has 0 bridgehead atoms. The highest BCUT2D eigenvalue weighted by Gasteiger charge is 2.07. The first-order chi connectivity index (χ1) is 6.60. The van der Waals surface area contributed by atoms with Crippen molar-refractivity contribution in [2.75, 3.05) is 20.7 Å². The fourth-order valence-electron chi connectivity index (χ4n) is 0.370. The third-order valence-corrected chi connectivity index (χ3v) is 1.97. The molecule has 0 amide bonds. The first-order valence-electron chi connectivity index (χ1n) is 3.79. The summed E-state index contributed by atoms with van der Waals surface area (Å²) in [5.74, 6) is 0. The Balaban J connectivity index is 0. The van der Waals surface area contributed by atoms with Crippen LogP contribution in [0.3, 0.4) is 0 Å². The highest BCUT2D eigenvalue weighted by Crippen LogP contribution is 2.04. The van der Waals surface area contributed by atoms with Crippen LogP contribution in [0.25, 0.3) is 0 Å². The van der Waals surface area contributed by atoms with E-state index in [2.05, 4.69) is 4.18 Å². The third-order valence-electron chi connectivity index (χ3n) is 1.27. The van der Waals surface area contributed by atoms with Crippen LogP contribution in [0, 0.1) is 0 Å². The number of hydrogen-bond donors (Lipinski definition) is 2. The quantitative estimate of drug-likeness (QED) is 0.444. The molecule has 0 aliphatic heterocycles. The van der Waals surface area contributed by atoms with Crippen LogP contribution in [0.1, 0.15) is 6.92 Å². The molecule has 0 aliphatic rings. The zero-order valence-electron chi connectivity index (χ0n) is 8.59. The van der Waals surface area contributed by atoms with Gasteiger partial charge in [-0.25, -0.2) is 0 Å². The molecule has 2 N–H and O–H groups in total. The van der Waals surface area contributed by atoms with Crippen LogP contribution in [0.4, 0.5) is 0 Å². The van der Waals surface area contributed by atoms with E-state index in [0.717, 1.165) is 7.11 Å². The van der Waals surface area contributed by atoms with Gasteiger partial charge in [0.2, 0.25) is 0 Å². The van der Waals surface area contributed by atoms with Crippen LogP contribution in [0.5, 0.6) is 0 Å². The van der Waals surface area contributed by atoms with E-state index in [0.29, 0.717) is 6.54 Å². The Morgan fingerprint density at radius 2 is 1.80 bits per heavy atom. The first-order valence-corrected chi connectivity index (χ1v) is 6.03. The minimum absolute atomic E-state index is 0.426. The molecule has 9 heteroatoms. The van der Waals surface area contributed by atoms with Gasteiger partial charge in [-0.05, 0) is 14.0 Å². The summed E-state index contributed by atoms with van der Waals surface area (Å²) in [6.07, 6.45) is -0.481. The van der Waals surface area contributed by atoms with E-state index in [9.17, 15) is 8.42 Å². The molecule has 0 aromatic heterocycles. The lowest BCUT2D eigenvalue weighted by Gasteiger charge is -2.19. The van der Waals surface area contributed by atoms with Crippen molar-refractivity contribution in [2.24, 2.45) is 0 Å². The fraction of sp³-hybridized carbons (Fsp3) is 1.00. The lowest BCUT2D eigenvalue weighted by atomic mass is 10.5. The molecular formula is C6H15Cl2NO5S. The molecule has 0 radical (unpaired) electrons. The van der Waals surface area contributed by atoms with Crippen LogP contribution < -0.4 is 0 Å². The molecule has 1 atom stereocenters. The van der Waals surface area contributed by atoms with E-state index in [1.165, 1.54) is 0 Å². The number of aliphatic hydroxyl groups is 1. The number of rotatable bonds is 4. The molecule has 0 aromatic rings. The SMILES string of the molecule is CC(O)N(C)CC(Cl)Cl.COS(=O)(=O)O. The number of aliphatic hydroxyl groups excluding tert-OH is 1. The highest BCUT2D eigenvalue weighted by molar-refractivity contribution is 7.80. The van der Waals surface area contributed by atoms with Crippen LogP contribution in [-0.2, 0) is 14.6 Å². The highest BCUT2D eigenvalue weighted by atomic mass is 35.5. The summed E-state index contributed by atoms with van der Waals surface area (Å²) in [4.78, 5) is 1.23. The maximum Gasteiger partial charge on any atom is 0.397 e. The van der Waals surface area contributed by atoms with Crippen LogP contribution >= 0.6 is 23.2 Å². The van der Waals surface area contributed by atoms with Crippen molar-refractivity contribution in [3.8, 4) is 0 Å². The lowest BCUT2D eigenvalue weighted by Crippen LogP contribution is -2.32. The Morgan fingerprint density at radius 3 is 1.87 bits per heavy atom. The molecular weight excluding hydrogens is 269 g/mol. The van der Waals surface area contributed by atoms with E-state index in [4.69, 9.17) is 32.9 Å². The standard InChI is InChI=1S/C5H11Cl2NO.CH4O4S/c1-4(9)8(2)3-5(6)7;1-5-6(2,3)4/h4-5,9H,3H2,1-2H3;1H3,(H,2,3,4). The molecule has 6 nitrogen and oxygen atoms in total. The Bertz CT molecular complexity index is 244. The summed E-state index contributed by atoms with van der Waals surface area (Å²) in [5, 5.41) is 8.88. The zero-order valence-corrected chi connectivity index (χ0v) is 10.9. The minimum Gasteiger partial charge on any atom is -0.379 e. The summed E-state index contributed by atoms with van der Waals surface area (Å²) in [5.41, 5.74) is 0. The van der Waals surface area contributed by atoms with Crippen molar-refractivity contribution >= 4 is 33.6 Å². The van der Waals surface area contributed by atoms with Gasteiger partial charge in [0.25, 0.3) is 0 Å². The van der Waals surface area contributed by atoms with Gasteiger partial charge in [-0.2, -0.15) is 8.42 Å². The molecule has 0 rings (SSSR count). The van der Waals surface area contributed by atoms with Crippen LogP contribution in [-0.4, -0.2) is 54.7 Å². The van der Waals surface area contributed by atoms with E-state index in [1.807, 2.05) is 0 Å². The second kappa shape index (κ2) is 8.51. The van der Waals surface area contributed by atoms with Gasteiger partial charge >= 0.3 is 10.4 Å². The fourth-order valence-corrected chi connectivity index (χ4v) is 0.806. The number of halogens is 2. The normalized spacial score (nSPS) is 13.7.